The van der Waals surface area contributed by atoms with Gasteiger partial charge in [0, 0.05) is 5.56 Å². The zero-order chi connectivity index (χ0) is 18.2. The van der Waals surface area contributed by atoms with E-state index in [1.54, 1.807) is 30.3 Å². The third kappa shape index (κ3) is 3.15. The summed E-state index contributed by atoms with van der Waals surface area (Å²) < 4.78 is 69.0. The van der Waals surface area contributed by atoms with Crippen molar-refractivity contribution in [3.63, 3.8) is 0 Å². The van der Waals surface area contributed by atoms with Crippen LogP contribution in [0.2, 0.25) is 0 Å². The van der Waals surface area contributed by atoms with Crippen LogP contribution in [-0.4, -0.2) is 13.6 Å². The summed E-state index contributed by atoms with van der Waals surface area (Å²) in [5.74, 6) is -3.01. The Labute approximate surface area is 140 Å². The number of hydrogen-bond acceptors (Lipinski definition) is 4. The molecule has 130 valence electrons. The highest BCUT2D eigenvalue weighted by Crippen LogP contribution is 2.36. The molecule has 1 aromatic heterocycles. The van der Waals surface area contributed by atoms with Crippen LogP contribution in [0, 0.1) is 11.6 Å². The molecule has 0 aliphatic rings. The smallest absolute Gasteiger partial charge is 0.243 e. The Bertz CT molecular complexity index is 1010. The first-order valence-electron chi connectivity index (χ1n) is 6.95. The molecular formula is C16H11F3N2O3S. The predicted molar refractivity (Wildman–Crippen MR) is 83.5 cm³/mol. The highest BCUT2D eigenvalue weighted by molar-refractivity contribution is 7.89. The zero-order valence-electron chi connectivity index (χ0n) is 12.5. The fraction of sp³-hybridized carbons (Fsp3) is 0.0625. The van der Waals surface area contributed by atoms with E-state index in [0.717, 1.165) is 12.1 Å². The lowest BCUT2D eigenvalue weighted by Crippen LogP contribution is -2.16. The van der Waals surface area contributed by atoms with Gasteiger partial charge in [0.25, 0.3) is 0 Å². The fourth-order valence-corrected chi connectivity index (χ4v) is 3.14. The third-order valence-electron chi connectivity index (χ3n) is 3.50. The molecule has 0 atom stereocenters. The summed E-state index contributed by atoms with van der Waals surface area (Å²) in [7, 11) is -4.59. The normalized spacial score (nSPS) is 11.7. The monoisotopic (exact) mass is 368 g/mol. The molecule has 0 bridgehead atoms. The SMILES string of the molecule is NS(=O)(=O)c1c(F)cc(-c2c(-c3ccccc3)noc2CF)cc1F. The van der Waals surface area contributed by atoms with Crippen LogP contribution in [0.4, 0.5) is 13.2 Å². The first-order chi connectivity index (χ1) is 11.8. The lowest BCUT2D eigenvalue weighted by molar-refractivity contribution is 0.332. The Morgan fingerprint density at radius 3 is 2.16 bits per heavy atom. The molecule has 0 amide bonds. The minimum Gasteiger partial charge on any atom is -0.357 e. The van der Waals surface area contributed by atoms with E-state index in [-0.39, 0.29) is 22.6 Å². The lowest BCUT2D eigenvalue weighted by Gasteiger charge is -2.08. The Morgan fingerprint density at radius 2 is 1.64 bits per heavy atom. The average Bonchev–Trinajstić information content (AvgIpc) is 2.97. The Morgan fingerprint density at radius 1 is 1.04 bits per heavy atom. The molecule has 3 aromatic rings. The number of aromatic nitrogens is 1. The lowest BCUT2D eigenvalue weighted by atomic mass is 9.99. The highest BCUT2D eigenvalue weighted by Gasteiger charge is 2.25. The summed E-state index contributed by atoms with van der Waals surface area (Å²) in [5, 5.41) is 8.57. The maximum absolute atomic E-state index is 14.1. The van der Waals surface area contributed by atoms with Crippen molar-refractivity contribution in [2.75, 3.05) is 0 Å². The van der Waals surface area contributed by atoms with Crippen LogP contribution in [-0.2, 0) is 16.7 Å². The quantitative estimate of drug-likeness (QED) is 0.765. The molecule has 0 fully saturated rings. The van der Waals surface area contributed by atoms with Gasteiger partial charge in [-0.2, -0.15) is 0 Å². The van der Waals surface area contributed by atoms with Gasteiger partial charge in [-0.15, -0.1) is 0 Å². The molecule has 2 N–H and O–H groups in total. The maximum atomic E-state index is 14.1. The fourth-order valence-electron chi connectivity index (χ4n) is 2.48. The number of nitrogens with zero attached hydrogens (tertiary/aromatic N) is 1. The predicted octanol–water partition coefficient (Wildman–Crippen LogP) is 3.40. The van der Waals surface area contributed by atoms with Gasteiger partial charge in [-0.05, 0) is 17.7 Å². The van der Waals surface area contributed by atoms with Gasteiger partial charge in [-0.1, -0.05) is 35.5 Å². The van der Waals surface area contributed by atoms with Crippen molar-refractivity contribution in [3.8, 4) is 22.4 Å². The molecule has 2 aromatic carbocycles. The summed E-state index contributed by atoms with van der Waals surface area (Å²) >= 11 is 0. The Hall–Kier alpha value is -2.65. The van der Waals surface area contributed by atoms with Crippen molar-refractivity contribution in [1.29, 1.82) is 0 Å². The van der Waals surface area contributed by atoms with Crippen LogP contribution in [0.3, 0.4) is 0 Å². The number of sulfonamides is 1. The van der Waals surface area contributed by atoms with Crippen LogP contribution in [0.15, 0.2) is 51.9 Å². The van der Waals surface area contributed by atoms with Gasteiger partial charge in [0.1, 0.15) is 17.3 Å². The van der Waals surface area contributed by atoms with Crippen molar-refractivity contribution in [2.24, 2.45) is 5.14 Å². The highest BCUT2D eigenvalue weighted by atomic mass is 32.2. The minimum absolute atomic E-state index is 0.0347. The summed E-state index contributed by atoms with van der Waals surface area (Å²) in [5.41, 5.74) is 0.635. The molecule has 0 saturated heterocycles. The molecule has 3 rings (SSSR count). The summed E-state index contributed by atoms with van der Waals surface area (Å²) in [4.78, 5) is -1.25. The van der Waals surface area contributed by atoms with Crippen molar-refractivity contribution in [2.45, 2.75) is 11.6 Å². The van der Waals surface area contributed by atoms with Crippen LogP contribution in [0.25, 0.3) is 22.4 Å². The van der Waals surface area contributed by atoms with Gasteiger partial charge in [0.2, 0.25) is 10.0 Å². The molecule has 0 saturated carbocycles. The van der Waals surface area contributed by atoms with E-state index in [9.17, 15) is 21.6 Å². The third-order valence-corrected chi connectivity index (χ3v) is 4.46. The molecule has 5 nitrogen and oxygen atoms in total. The first kappa shape index (κ1) is 17.2. The van der Waals surface area contributed by atoms with E-state index < -0.39 is 33.2 Å². The van der Waals surface area contributed by atoms with E-state index in [1.165, 1.54) is 0 Å². The standard InChI is InChI=1S/C16H11F3N2O3S/c17-8-13-14(15(21-24-13)9-4-2-1-3-5-9)10-6-11(18)16(12(19)7-10)25(20,22)23/h1-7H,8H2,(H2,20,22,23). The molecule has 0 aliphatic heterocycles. The van der Waals surface area contributed by atoms with Crippen molar-refractivity contribution < 1.29 is 26.1 Å². The van der Waals surface area contributed by atoms with Crippen molar-refractivity contribution >= 4 is 10.0 Å². The maximum Gasteiger partial charge on any atom is 0.243 e. The number of hydrogen-bond donors (Lipinski definition) is 1. The topological polar surface area (TPSA) is 86.2 Å². The van der Waals surface area contributed by atoms with Gasteiger partial charge < -0.3 is 4.52 Å². The van der Waals surface area contributed by atoms with E-state index >= 15 is 0 Å². The van der Waals surface area contributed by atoms with E-state index in [2.05, 4.69) is 5.16 Å². The molecule has 25 heavy (non-hydrogen) atoms. The van der Waals surface area contributed by atoms with Crippen LogP contribution < -0.4 is 5.14 Å². The zero-order valence-corrected chi connectivity index (χ0v) is 13.4. The minimum atomic E-state index is -4.59. The number of primary sulfonamides is 1. The molecular weight excluding hydrogens is 357 g/mol. The number of halogens is 3. The van der Waals surface area contributed by atoms with E-state index in [1.807, 2.05) is 0 Å². The van der Waals surface area contributed by atoms with Crippen molar-refractivity contribution in [1.82, 2.24) is 5.16 Å². The average molecular weight is 368 g/mol. The molecule has 0 aliphatic carbocycles. The molecule has 0 spiro atoms. The molecule has 9 heteroatoms. The second-order valence-corrected chi connectivity index (χ2v) is 6.64. The van der Waals surface area contributed by atoms with Gasteiger partial charge in [-0.3, -0.25) is 0 Å². The van der Waals surface area contributed by atoms with Crippen molar-refractivity contribution in [3.05, 3.63) is 59.9 Å². The van der Waals surface area contributed by atoms with E-state index in [4.69, 9.17) is 9.66 Å². The number of benzene rings is 2. The first-order valence-corrected chi connectivity index (χ1v) is 8.49. The van der Waals surface area contributed by atoms with Gasteiger partial charge >= 0.3 is 0 Å². The van der Waals surface area contributed by atoms with Crippen LogP contribution in [0.5, 0.6) is 0 Å². The summed E-state index contributed by atoms with van der Waals surface area (Å²) in [6, 6.07) is 9.98. The summed E-state index contributed by atoms with van der Waals surface area (Å²) in [6.45, 7) is -1.06. The van der Waals surface area contributed by atoms with Gasteiger partial charge in [-0.25, -0.2) is 26.7 Å². The number of rotatable bonds is 4. The number of alkyl halides is 1. The number of nitrogens with two attached hydrogens (primary N) is 1. The second-order valence-electron chi connectivity index (χ2n) is 5.14. The van der Waals surface area contributed by atoms with Crippen LogP contribution in [0.1, 0.15) is 5.76 Å². The molecule has 0 radical (unpaired) electrons. The Kier molecular flexibility index (Phi) is 4.36. The summed E-state index contributed by atoms with van der Waals surface area (Å²) in [6.07, 6.45) is 0. The van der Waals surface area contributed by atoms with Gasteiger partial charge in [0.05, 0.1) is 5.56 Å². The van der Waals surface area contributed by atoms with Gasteiger partial charge in [0.15, 0.2) is 17.3 Å². The largest absolute Gasteiger partial charge is 0.357 e. The van der Waals surface area contributed by atoms with E-state index in [0.29, 0.717) is 5.56 Å². The van der Waals surface area contributed by atoms with Crippen LogP contribution >= 0.6 is 0 Å². The second kappa shape index (κ2) is 6.34. The Balaban J connectivity index is 2.26. The molecule has 1 heterocycles. The molecule has 0 unspecified atom stereocenters.